The minimum atomic E-state index is -0.593. The first-order valence-electron chi connectivity index (χ1n) is 4.71. The topological polar surface area (TPSA) is 109 Å². The number of urea groups is 1. The van der Waals surface area contributed by atoms with E-state index < -0.39 is 12.0 Å². The summed E-state index contributed by atoms with van der Waals surface area (Å²) in [6.07, 6.45) is 0. The summed E-state index contributed by atoms with van der Waals surface area (Å²) >= 11 is 0. The molecule has 0 fully saturated rings. The number of carbonyl (C=O) groups is 1. The number of methoxy groups -OCH3 is 2. The lowest BCUT2D eigenvalue weighted by molar-refractivity contribution is 0.256. The van der Waals surface area contributed by atoms with Crippen LogP contribution in [0.2, 0.25) is 0 Å². The molecule has 0 saturated carbocycles. The van der Waals surface area contributed by atoms with Crippen LogP contribution in [0.3, 0.4) is 0 Å². The minimum absolute atomic E-state index is 0.428. The molecule has 0 unspecified atom stereocenters. The zero-order valence-electron chi connectivity index (χ0n) is 9.53. The van der Waals surface area contributed by atoms with Gasteiger partial charge in [0.2, 0.25) is 0 Å². The van der Waals surface area contributed by atoms with Gasteiger partial charge in [0.25, 0.3) is 0 Å². The van der Waals surface area contributed by atoms with Gasteiger partial charge >= 0.3 is 6.03 Å². The van der Waals surface area contributed by atoms with E-state index in [1.165, 1.54) is 14.2 Å². The fourth-order valence-electron chi connectivity index (χ4n) is 1.20. The molecule has 0 spiro atoms. The predicted octanol–water partition coefficient (Wildman–Crippen LogP) is 0.719. The van der Waals surface area contributed by atoms with Crippen LogP contribution in [-0.4, -0.2) is 26.2 Å². The summed E-state index contributed by atoms with van der Waals surface area (Å²) in [5.74, 6) is 0.626. The molecule has 0 aliphatic carbocycles. The number of benzene rings is 1. The average molecular weight is 238 g/mol. The molecule has 0 bridgehead atoms. The normalized spacial score (nSPS) is 9.29. The number of nitrogens with two attached hydrogens (primary N) is 1. The van der Waals surface area contributed by atoms with Crippen LogP contribution in [0.25, 0.3) is 0 Å². The Hall–Kier alpha value is -2.44. The molecule has 0 heterocycles. The van der Waals surface area contributed by atoms with Crippen LogP contribution < -0.4 is 25.8 Å². The molecule has 92 valence electrons. The van der Waals surface area contributed by atoms with Gasteiger partial charge in [0, 0.05) is 11.8 Å². The summed E-state index contributed by atoms with van der Waals surface area (Å²) in [5.41, 5.74) is 5.52. The van der Waals surface area contributed by atoms with E-state index in [9.17, 15) is 4.79 Å². The fourth-order valence-corrected chi connectivity index (χ4v) is 1.20. The van der Waals surface area contributed by atoms with Crippen molar-refractivity contribution in [1.29, 1.82) is 5.41 Å². The van der Waals surface area contributed by atoms with Gasteiger partial charge in [0.1, 0.15) is 0 Å². The highest BCUT2D eigenvalue weighted by atomic mass is 16.5. The van der Waals surface area contributed by atoms with E-state index in [0.29, 0.717) is 17.2 Å². The molecule has 0 aliphatic rings. The zero-order valence-corrected chi connectivity index (χ0v) is 9.53. The highest BCUT2D eigenvalue weighted by Crippen LogP contribution is 2.29. The van der Waals surface area contributed by atoms with Crippen LogP contribution in [0.4, 0.5) is 10.5 Å². The largest absolute Gasteiger partial charge is 0.493 e. The van der Waals surface area contributed by atoms with Crippen LogP contribution >= 0.6 is 0 Å². The van der Waals surface area contributed by atoms with E-state index in [1.807, 2.05) is 0 Å². The maximum Gasteiger partial charge on any atom is 0.325 e. The molecule has 0 aliphatic heterocycles. The molecule has 0 radical (unpaired) electrons. The number of ether oxygens (including phenoxy) is 2. The van der Waals surface area contributed by atoms with Gasteiger partial charge in [-0.15, -0.1) is 0 Å². The molecular weight excluding hydrogens is 224 g/mol. The van der Waals surface area contributed by atoms with Gasteiger partial charge in [-0.1, -0.05) is 0 Å². The molecule has 2 amide bonds. The summed E-state index contributed by atoms with van der Waals surface area (Å²) in [5, 5.41) is 11.5. The van der Waals surface area contributed by atoms with Gasteiger partial charge < -0.3 is 20.5 Å². The van der Waals surface area contributed by atoms with Crippen LogP contribution in [0.1, 0.15) is 0 Å². The first-order valence-corrected chi connectivity index (χ1v) is 4.71. The summed E-state index contributed by atoms with van der Waals surface area (Å²) in [6, 6.07) is 4.30. The smallest absolute Gasteiger partial charge is 0.325 e. The molecule has 0 aromatic heterocycles. The van der Waals surface area contributed by atoms with Crippen molar-refractivity contribution in [3.63, 3.8) is 0 Å². The SMILES string of the molecule is COc1ccc(NC(=O)NC(=N)N)cc1OC. The van der Waals surface area contributed by atoms with E-state index >= 15 is 0 Å². The summed E-state index contributed by atoms with van der Waals surface area (Å²) < 4.78 is 10.1. The lowest BCUT2D eigenvalue weighted by atomic mass is 10.3. The fraction of sp³-hybridized carbons (Fsp3) is 0.200. The number of nitrogens with one attached hydrogen (secondary N) is 3. The molecule has 17 heavy (non-hydrogen) atoms. The Bertz CT molecular complexity index is 434. The molecule has 1 aromatic carbocycles. The van der Waals surface area contributed by atoms with Crippen LogP contribution in [0, 0.1) is 5.41 Å². The second-order valence-electron chi connectivity index (χ2n) is 3.06. The Morgan fingerprint density at radius 3 is 2.47 bits per heavy atom. The number of guanidine groups is 1. The lowest BCUT2D eigenvalue weighted by Gasteiger charge is -2.10. The number of hydrogen-bond donors (Lipinski definition) is 4. The van der Waals surface area contributed by atoms with Gasteiger partial charge in [0.05, 0.1) is 14.2 Å². The maximum atomic E-state index is 11.3. The Balaban J connectivity index is 2.79. The maximum absolute atomic E-state index is 11.3. The van der Waals surface area contributed by atoms with Crippen molar-refractivity contribution in [2.45, 2.75) is 0 Å². The number of anilines is 1. The van der Waals surface area contributed by atoms with Crippen molar-refractivity contribution in [3.05, 3.63) is 18.2 Å². The molecule has 7 nitrogen and oxygen atoms in total. The van der Waals surface area contributed by atoms with Crippen molar-refractivity contribution in [2.75, 3.05) is 19.5 Å². The average Bonchev–Trinajstić information content (AvgIpc) is 2.27. The molecule has 0 atom stereocenters. The monoisotopic (exact) mass is 238 g/mol. The Labute approximate surface area is 98.4 Å². The zero-order chi connectivity index (χ0) is 12.8. The van der Waals surface area contributed by atoms with Crippen molar-refractivity contribution in [1.82, 2.24) is 5.32 Å². The van der Waals surface area contributed by atoms with E-state index in [-0.39, 0.29) is 0 Å². The predicted molar refractivity (Wildman–Crippen MR) is 63.6 cm³/mol. The summed E-state index contributed by atoms with van der Waals surface area (Å²) in [4.78, 5) is 11.3. The van der Waals surface area contributed by atoms with Crippen molar-refractivity contribution in [3.8, 4) is 11.5 Å². The number of rotatable bonds is 3. The van der Waals surface area contributed by atoms with Gasteiger partial charge in [-0.05, 0) is 12.1 Å². The summed E-state index contributed by atoms with van der Waals surface area (Å²) in [6.45, 7) is 0. The molecule has 7 heteroatoms. The Kier molecular flexibility index (Phi) is 4.15. The second kappa shape index (κ2) is 5.59. The van der Waals surface area contributed by atoms with Gasteiger partial charge in [0.15, 0.2) is 17.5 Å². The highest BCUT2D eigenvalue weighted by Gasteiger charge is 2.07. The molecule has 1 rings (SSSR count). The van der Waals surface area contributed by atoms with Gasteiger partial charge in [-0.3, -0.25) is 10.7 Å². The Morgan fingerprint density at radius 1 is 1.29 bits per heavy atom. The quantitative estimate of drug-likeness (QED) is 0.459. The van der Waals surface area contributed by atoms with Crippen molar-refractivity contribution in [2.24, 2.45) is 5.73 Å². The molecular formula is C10H14N4O3. The highest BCUT2D eigenvalue weighted by molar-refractivity contribution is 6.00. The first-order chi connectivity index (χ1) is 8.06. The van der Waals surface area contributed by atoms with Crippen LogP contribution in [0.15, 0.2) is 18.2 Å². The lowest BCUT2D eigenvalue weighted by Crippen LogP contribution is -2.38. The number of amides is 2. The standard InChI is InChI=1S/C10H14N4O3/c1-16-7-4-3-6(5-8(7)17-2)13-10(15)14-9(11)12/h3-5H,1-2H3,(H5,11,12,13,14,15). The van der Waals surface area contributed by atoms with Gasteiger partial charge in [-0.25, -0.2) is 4.79 Å². The number of carbonyl (C=O) groups excluding carboxylic acids is 1. The molecule has 5 N–H and O–H groups in total. The van der Waals surface area contributed by atoms with Crippen molar-refractivity contribution >= 4 is 17.7 Å². The van der Waals surface area contributed by atoms with Gasteiger partial charge in [-0.2, -0.15) is 0 Å². The van der Waals surface area contributed by atoms with E-state index in [4.69, 9.17) is 20.6 Å². The molecule has 1 aromatic rings. The second-order valence-corrected chi connectivity index (χ2v) is 3.06. The third-order valence-corrected chi connectivity index (χ3v) is 1.89. The first kappa shape index (κ1) is 12.6. The van der Waals surface area contributed by atoms with Crippen LogP contribution in [-0.2, 0) is 0 Å². The number of hydrogen-bond acceptors (Lipinski definition) is 4. The van der Waals surface area contributed by atoms with E-state index in [0.717, 1.165) is 0 Å². The van der Waals surface area contributed by atoms with E-state index in [1.54, 1.807) is 18.2 Å². The third-order valence-electron chi connectivity index (χ3n) is 1.89. The van der Waals surface area contributed by atoms with Crippen molar-refractivity contribution < 1.29 is 14.3 Å². The van der Waals surface area contributed by atoms with E-state index in [2.05, 4.69) is 10.6 Å². The molecule has 0 saturated heterocycles. The van der Waals surface area contributed by atoms with Crippen LogP contribution in [0.5, 0.6) is 11.5 Å². The Morgan fingerprint density at radius 2 is 1.94 bits per heavy atom. The summed E-state index contributed by atoms with van der Waals surface area (Å²) in [7, 11) is 3.02. The third kappa shape index (κ3) is 3.56. The minimum Gasteiger partial charge on any atom is -0.493 e.